The highest BCUT2D eigenvalue weighted by atomic mass is 32.2. The number of benzene rings is 1. The van der Waals surface area contributed by atoms with E-state index in [1.807, 2.05) is 30.7 Å². The van der Waals surface area contributed by atoms with Crippen molar-refractivity contribution in [1.29, 1.82) is 0 Å². The van der Waals surface area contributed by atoms with Gasteiger partial charge in [-0.25, -0.2) is 8.42 Å². The van der Waals surface area contributed by atoms with Crippen LogP contribution in [0, 0.1) is 0 Å². The molecule has 0 radical (unpaired) electrons. The molecule has 1 aliphatic rings. The minimum Gasteiger partial charge on any atom is -0.373 e. The van der Waals surface area contributed by atoms with Crippen molar-refractivity contribution in [3.63, 3.8) is 0 Å². The molecule has 0 unspecified atom stereocenters. The predicted molar refractivity (Wildman–Crippen MR) is 102 cm³/mol. The van der Waals surface area contributed by atoms with Crippen LogP contribution in [0.4, 0.5) is 5.69 Å². The first-order chi connectivity index (χ1) is 12.3. The van der Waals surface area contributed by atoms with Crippen LogP contribution in [0.1, 0.15) is 19.4 Å². The van der Waals surface area contributed by atoms with Gasteiger partial charge in [-0.1, -0.05) is 0 Å². The van der Waals surface area contributed by atoms with Crippen molar-refractivity contribution in [1.82, 2.24) is 4.31 Å². The Bertz CT molecular complexity index is 838. The number of anilines is 1. The van der Waals surface area contributed by atoms with E-state index in [4.69, 9.17) is 4.74 Å². The van der Waals surface area contributed by atoms with Crippen LogP contribution in [0.5, 0.6) is 0 Å². The highest BCUT2D eigenvalue weighted by molar-refractivity contribution is 7.89. The van der Waals surface area contributed by atoms with E-state index in [1.165, 1.54) is 16.4 Å². The van der Waals surface area contributed by atoms with Gasteiger partial charge in [0.05, 0.1) is 23.5 Å². The molecular weight excluding hydrogens is 372 g/mol. The molecule has 26 heavy (non-hydrogen) atoms. The number of carbonyl (C=O) groups excluding carboxylic acids is 1. The molecule has 1 aliphatic heterocycles. The molecule has 2 aromatic rings. The Morgan fingerprint density at radius 1 is 1.19 bits per heavy atom. The van der Waals surface area contributed by atoms with Gasteiger partial charge in [0.25, 0.3) is 0 Å². The van der Waals surface area contributed by atoms with Crippen molar-refractivity contribution in [2.45, 2.75) is 37.4 Å². The van der Waals surface area contributed by atoms with Crippen molar-refractivity contribution in [2.24, 2.45) is 0 Å². The van der Waals surface area contributed by atoms with Crippen LogP contribution in [-0.4, -0.2) is 43.9 Å². The average molecular weight is 395 g/mol. The topological polar surface area (TPSA) is 75.7 Å². The molecule has 0 bridgehead atoms. The van der Waals surface area contributed by atoms with Crippen molar-refractivity contribution < 1.29 is 17.9 Å². The maximum absolute atomic E-state index is 12.8. The van der Waals surface area contributed by atoms with E-state index in [9.17, 15) is 13.2 Å². The van der Waals surface area contributed by atoms with Gasteiger partial charge in [-0.15, -0.1) is 0 Å². The monoisotopic (exact) mass is 394 g/mol. The van der Waals surface area contributed by atoms with Crippen molar-refractivity contribution in [2.75, 3.05) is 18.4 Å². The lowest BCUT2D eigenvalue weighted by atomic mass is 10.2. The van der Waals surface area contributed by atoms with Gasteiger partial charge in [0.1, 0.15) is 0 Å². The van der Waals surface area contributed by atoms with E-state index in [0.29, 0.717) is 25.2 Å². The number of amides is 1. The number of thiophene rings is 1. The molecule has 1 N–H and O–H groups in total. The second-order valence-corrected chi connectivity index (χ2v) is 9.18. The number of nitrogens with one attached hydrogen (secondary N) is 1. The summed E-state index contributed by atoms with van der Waals surface area (Å²) in [5, 5.41) is 6.65. The lowest BCUT2D eigenvalue weighted by Crippen LogP contribution is -2.48. The molecule has 1 aromatic heterocycles. The van der Waals surface area contributed by atoms with Crippen molar-refractivity contribution in [3.05, 3.63) is 46.7 Å². The van der Waals surface area contributed by atoms with E-state index >= 15 is 0 Å². The molecule has 6 nitrogen and oxygen atoms in total. The van der Waals surface area contributed by atoms with E-state index in [0.717, 1.165) is 5.56 Å². The molecule has 0 spiro atoms. The fourth-order valence-electron chi connectivity index (χ4n) is 2.97. The van der Waals surface area contributed by atoms with Gasteiger partial charge < -0.3 is 10.1 Å². The summed E-state index contributed by atoms with van der Waals surface area (Å²) >= 11 is 1.55. The zero-order valence-electron chi connectivity index (χ0n) is 14.7. The van der Waals surface area contributed by atoms with E-state index in [1.54, 1.807) is 23.5 Å². The first-order valence-corrected chi connectivity index (χ1v) is 10.8. The van der Waals surface area contributed by atoms with E-state index < -0.39 is 10.0 Å². The average Bonchev–Trinajstić information content (AvgIpc) is 3.07. The van der Waals surface area contributed by atoms with Crippen LogP contribution in [-0.2, 0) is 26.0 Å². The van der Waals surface area contributed by atoms with Gasteiger partial charge in [0.15, 0.2) is 0 Å². The Labute approximate surface area is 157 Å². The highest BCUT2D eigenvalue weighted by Gasteiger charge is 2.32. The molecule has 2 atom stereocenters. The zero-order chi connectivity index (χ0) is 18.7. The normalized spacial score (nSPS) is 21.5. The maximum Gasteiger partial charge on any atom is 0.243 e. The Morgan fingerprint density at radius 2 is 1.85 bits per heavy atom. The third kappa shape index (κ3) is 4.50. The third-order valence-corrected chi connectivity index (χ3v) is 6.68. The van der Waals surface area contributed by atoms with Gasteiger partial charge in [0.2, 0.25) is 15.9 Å². The Kier molecular flexibility index (Phi) is 5.76. The number of ether oxygens (including phenoxy) is 1. The second kappa shape index (κ2) is 7.87. The summed E-state index contributed by atoms with van der Waals surface area (Å²) in [6.45, 7) is 4.41. The molecule has 0 saturated carbocycles. The summed E-state index contributed by atoms with van der Waals surface area (Å²) in [7, 11) is -3.57. The number of hydrogen-bond acceptors (Lipinski definition) is 5. The maximum atomic E-state index is 12.8. The van der Waals surface area contributed by atoms with E-state index in [2.05, 4.69) is 5.32 Å². The number of sulfonamides is 1. The highest BCUT2D eigenvalue weighted by Crippen LogP contribution is 2.22. The molecule has 1 amide bonds. The molecule has 140 valence electrons. The van der Waals surface area contributed by atoms with Crippen LogP contribution in [0.25, 0.3) is 0 Å². The minimum absolute atomic E-state index is 0.130. The molecule has 8 heteroatoms. The Balaban J connectivity index is 1.67. The number of morpholine rings is 1. The van der Waals surface area contributed by atoms with Gasteiger partial charge in [-0.05, 0) is 60.5 Å². The summed E-state index contributed by atoms with van der Waals surface area (Å²) in [6.07, 6.45) is 0.0287. The van der Waals surface area contributed by atoms with Gasteiger partial charge in [-0.2, -0.15) is 15.6 Å². The lowest BCUT2D eigenvalue weighted by molar-refractivity contribution is -0.115. The van der Waals surface area contributed by atoms with Gasteiger partial charge >= 0.3 is 0 Å². The molecular formula is C18H22N2O4S2. The molecule has 1 fully saturated rings. The van der Waals surface area contributed by atoms with Gasteiger partial charge in [0, 0.05) is 18.8 Å². The molecule has 2 heterocycles. The van der Waals surface area contributed by atoms with Crippen LogP contribution in [0.15, 0.2) is 46.0 Å². The fourth-order valence-corrected chi connectivity index (χ4v) is 5.23. The quantitative estimate of drug-likeness (QED) is 0.846. The number of nitrogens with zero attached hydrogens (tertiary/aromatic N) is 1. The van der Waals surface area contributed by atoms with Crippen molar-refractivity contribution in [3.8, 4) is 0 Å². The molecule has 1 aromatic carbocycles. The number of rotatable bonds is 5. The summed E-state index contributed by atoms with van der Waals surface area (Å²) < 4.78 is 32.7. The minimum atomic E-state index is -3.57. The first-order valence-electron chi connectivity index (χ1n) is 8.41. The Morgan fingerprint density at radius 3 is 2.42 bits per heavy atom. The van der Waals surface area contributed by atoms with Gasteiger partial charge in [-0.3, -0.25) is 4.79 Å². The first kappa shape index (κ1) is 19.0. The fraction of sp³-hybridized carbons (Fsp3) is 0.389. The summed E-state index contributed by atoms with van der Waals surface area (Å²) in [6, 6.07) is 8.20. The Hall–Kier alpha value is -1.74. The summed E-state index contributed by atoms with van der Waals surface area (Å²) in [5.41, 5.74) is 1.54. The van der Waals surface area contributed by atoms with Crippen LogP contribution >= 0.6 is 11.3 Å². The summed E-state index contributed by atoms with van der Waals surface area (Å²) in [5.74, 6) is -0.130. The van der Waals surface area contributed by atoms with Crippen LogP contribution < -0.4 is 5.32 Å². The third-order valence-electron chi connectivity index (χ3n) is 4.11. The van der Waals surface area contributed by atoms with Crippen molar-refractivity contribution >= 4 is 33.0 Å². The smallest absolute Gasteiger partial charge is 0.243 e. The zero-order valence-corrected chi connectivity index (χ0v) is 16.3. The SMILES string of the molecule is C[C@@H]1CN(S(=O)(=O)c2ccc(NC(=O)Cc3ccsc3)cc2)C[C@H](C)O1. The number of carbonyl (C=O) groups is 1. The lowest BCUT2D eigenvalue weighted by Gasteiger charge is -2.34. The molecule has 1 saturated heterocycles. The van der Waals surface area contributed by atoms with E-state index in [-0.39, 0.29) is 23.0 Å². The summed E-state index contributed by atoms with van der Waals surface area (Å²) in [4.78, 5) is 12.3. The molecule has 0 aliphatic carbocycles. The van der Waals surface area contributed by atoms with Crippen LogP contribution in [0.2, 0.25) is 0 Å². The van der Waals surface area contributed by atoms with Crippen LogP contribution in [0.3, 0.4) is 0 Å². The second-order valence-electron chi connectivity index (χ2n) is 6.46. The standard InChI is InChI=1S/C18H22N2O4S2/c1-13-10-20(11-14(2)24-13)26(22,23)17-5-3-16(4-6-17)19-18(21)9-15-7-8-25-12-15/h3-8,12-14H,9-11H2,1-2H3,(H,19,21)/t13-,14+. The molecule has 3 rings (SSSR count). The largest absolute Gasteiger partial charge is 0.373 e. The predicted octanol–water partition coefficient (Wildman–Crippen LogP) is 2.73. The number of hydrogen-bond donors (Lipinski definition) is 1.